The minimum Gasteiger partial charge on any atom is -0.480 e. The van der Waals surface area contributed by atoms with Gasteiger partial charge < -0.3 is 21.1 Å². The number of carbonyl (C=O) groups is 1. The van der Waals surface area contributed by atoms with Gasteiger partial charge in [0.25, 0.3) is 0 Å². The third kappa shape index (κ3) is 2.30. The van der Waals surface area contributed by atoms with E-state index >= 15 is 0 Å². The van der Waals surface area contributed by atoms with Crippen molar-refractivity contribution in [3.05, 3.63) is 0 Å². The molecule has 0 spiro atoms. The summed E-state index contributed by atoms with van der Waals surface area (Å²) in [6, 6.07) is -1.22. The van der Waals surface area contributed by atoms with Gasteiger partial charge in [-0.05, 0) is 0 Å². The van der Waals surface area contributed by atoms with Gasteiger partial charge in [-0.2, -0.15) is 0 Å². The Morgan fingerprint density at radius 2 is 1.90 bits per heavy atom. The minimum absolute atomic E-state index is 0.850. The molecule has 5 nitrogen and oxygen atoms in total. The first-order chi connectivity index (χ1) is 4.46. The lowest BCUT2D eigenvalue weighted by Gasteiger charge is -2.16. The fourth-order valence-electron chi connectivity index (χ4n) is 0.410. The largest absolute Gasteiger partial charge is 0.480 e. The molecular formula is C5H11NO4. The van der Waals surface area contributed by atoms with Crippen molar-refractivity contribution in [2.24, 2.45) is 11.7 Å². The molecule has 0 heterocycles. The van der Waals surface area contributed by atoms with Gasteiger partial charge in [0.05, 0.1) is 0 Å². The van der Waals surface area contributed by atoms with Gasteiger partial charge in [-0.15, -0.1) is 0 Å². The van der Waals surface area contributed by atoms with Crippen molar-refractivity contribution in [3.63, 3.8) is 0 Å². The van der Waals surface area contributed by atoms with Crippen molar-refractivity contribution in [3.8, 4) is 0 Å². The molecule has 60 valence electrons. The smallest absolute Gasteiger partial charge is 0.320 e. The molecule has 0 rings (SSSR count). The summed E-state index contributed by atoms with van der Waals surface area (Å²) < 4.78 is 0. The van der Waals surface area contributed by atoms with E-state index in [0.29, 0.717) is 0 Å². The topological polar surface area (TPSA) is 104 Å². The standard InChI is InChI=1S/C5H11NO4/c1-2(4(7)8)3(6)5(9)10/h2-4,7-8H,6H2,1H3,(H,9,10)/t2?,3-/m0/s1. The van der Waals surface area contributed by atoms with Gasteiger partial charge in [0.1, 0.15) is 6.04 Å². The van der Waals surface area contributed by atoms with Crippen LogP contribution >= 0.6 is 0 Å². The van der Waals surface area contributed by atoms with E-state index in [2.05, 4.69) is 0 Å². The third-order valence-corrected chi connectivity index (χ3v) is 1.32. The molecule has 0 bridgehead atoms. The Labute approximate surface area is 58.1 Å². The lowest BCUT2D eigenvalue weighted by molar-refractivity contribution is -0.146. The van der Waals surface area contributed by atoms with Gasteiger partial charge in [0.15, 0.2) is 6.29 Å². The van der Waals surface area contributed by atoms with Crippen LogP contribution in [0.5, 0.6) is 0 Å². The summed E-state index contributed by atoms with van der Waals surface area (Å²) in [7, 11) is 0. The average molecular weight is 149 g/mol. The van der Waals surface area contributed by atoms with E-state index in [9.17, 15) is 4.79 Å². The summed E-state index contributed by atoms with van der Waals surface area (Å²) in [5.41, 5.74) is 5.04. The summed E-state index contributed by atoms with van der Waals surface area (Å²) in [6.07, 6.45) is -1.67. The third-order valence-electron chi connectivity index (χ3n) is 1.32. The Morgan fingerprint density at radius 3 is 2.00 bits per heavy atom. The molecule has 0 fully saturated rings. The molecule has 0 radical (unpaired) electrons. The van der Waals surface area contributed by atoms with Gasteiger partial charge in [0, 0.05) is 5.92 Å². The normalized spacial score (nSPS) is 16.9. The SMILES string of the molecule is CC(C(O)O)[C@H](N)C(=O)O. The van der Waals surface area contributed by atoms with Crippen molar-refractivity contribution in [2.45, 2.75) is 19.3 Å². The first kappa shape index (κ1) is 9.35. The van der Waals surface area contributed by atoms with Gasteiger partial charge >= 0.3 is 5.97 Å². The van der Waals surface area contributed by atoms with Crippen LogP contribution in [0.4, 0.5) is 0 Å². The van der Waals surface area contributed by atoms with E-state index in [1.807, 2.05) is 0 Å². The molecule has 10 heavy (non-hydrogen) atoms. The summed E-state index contributed by atoms with van der Waals surface area (Å²) in [5, 5.41) is 25.2. The van der Waals surface area contributed by atoms with Crippen molar-refractivity contribution in [1.29, 1.82) is 0 Å². The predicted molar refractivity (Wildman–Crippen MR) is 33.0 cm³/mol. The van der Waals surface area contributed by atoms with Crippen LogP contribution in [0.15, 0.2) is 0 Å². The number of nitrogens with two attached hydrogens (primary N) is 1. The lowest BCUT2D eigenvalue weighted by Crippen LogP contribution is -2.42. The molecule has 0 aromatic rings. The maximum atomic E-state index is 10.1. The first-order valence-electron chi connectivity index (χ1n) is 2.81. The summed E-state index contributed by atoms with van der Waals surface area (Å²) in [4.78, 5) is 10.1. The molecule has 5 heteroatoms. The second-order valence-electron chi connectivity index (χ2n) is 2.14. The highest BCUT2D eigenvalue weighted by Gasteiger charge is 2.24. The zero-order chi connectivity index (χ0) is 8.31. The molecule has 2 atom stereocenters. The van der Waals surface area contributed by atoms with Crippen LogP contribution in [-0.4, -0.2) is 33.6 Å². The maximum Gasteiger partial charge on any atom is 0.320 e. The highest BCUT2D eigenvalue weighted by Crippen LogP contribution is 2.03. The van der Waals surface area contributed by atoms with Crippen LogP contribution in [0.3, 0.4) is 0 Å². The zero-order valence-electron chi connectivity index (χ0n) is 5.56. The molecule has 0 amide bonds. The number of aliphatic hydroxyl groups is 2. The molecule has 0 aliphatic rings. The van der Waals surface area contributed by atoms with Crippen LogP contribution in [0, 0.1) is 5.92 Å². The number of rotatable bonds is 3. The van der Waals surface area contributed by atoms with Crippen LogP contribution in [-0.2, 0) is 4.79 Å². The van der Waals surface area contributed by atoms with Crippen molar-refractivity contribution in [1.82, 2.24) is 0 Å². The van der Waals surface area contributed by atoms with E-state index in [0.717, 1.165) is 0 Å². The maximum absolute atomic E-state index is 10.1. The molecule has 0 aliphatic carbocycles. The van der Waals surface area contributed by atoms with E-state index < -0.39 is 24.2 Å². The van der Waals surface area contributed by atoms with Crippen LogP contribution in [0.2, 0.25) is 0 Å². The first-order valence-corrected chi connectivity index (χ1v) is 2.81. The monoisotopic (exact) mass is 149 g/mol. The van der Waals surface area contributed by atoms with Gasteiger partial charge in [-0.3, -0.25) is 4.79 Å². The van der Waals surface area contributed by atoms with Crippen LogP contribution < -0.4 is 5.73 Å². The molecular weight excluding hydrogens is 138 g/mol. The van der Waals surface area contributed by atoms with Crippen molar-refractivity contribution >= 4 is 5.97 Å². The van der Waals surface area contributed by atoms with E-state index in [4.69, 9.17) is 21.1 Å². The predicted octanol–water partition coefficient (Wildman–Crippen LogP) is -1.65. The molecule has 0 saturated carbocycles. The number of hydrogen-bond donors (Lipinski definition) is 4. The molecule has 0 aromatic heterocycles. The Morgan fingerprint density at radius 1 is 1.50 bits per heavy atom. The Hall–Kier alpha value is -0.650. The summed E-state index contributed by atoms with van der Waals surface area (Å²) >= 11 is 0. The highest BCUT2D eigenvalue weighted by atomic mass is 16.5. The van der Waals surface area contributed by atoms with Crippen molar-refractivity contribution in [2.75, 3.05) is 0 Å². The van der Waals surface area contributed by atoms with E-state index in [1.165, 1.54) is 6.92 Å². The van der Waals surface area contributed by atoms with Crippen LogP contribution in [0.25, 0.3) is 0 Å². The molecule has 1 unspecified atom stereocenters. The van der Waals surface area contributed by atoms with Gasteiger partial charge in [-0.1, -0.05) is 6.92 Å². The van der Waals surface area contributed by atoms with Crippen molar-refractivity contribution < 1.29 is 20.1 Å². The minimum atomic E-state index is -1.67. The fraction of sp³-hybridized carbons (Fsp3) is 0.800. The lowest BCUT2D eigenvalue weighted by atomic mass is 10.0. The zero-order valence-corrected chi connectivity index (χ0v) is 5.56. The fourth-order valence-corrected chi connectivity index (χ4v) is 0.410. The van der Waals surface area contributed by atoms with Gasteiger partial charge in [0.2, 0.25) is 0 Å². The number of hydrogen-bond acceptors (Lipinski definition) is 4. The Bertz CT molecular complexity index is 125. The second-order valence-corrected chi connectivity index (χ2v) is 2.14. The second kappa shape index (κ2) is 3.50. The molecule has 0 aromatic carbocycles. The molecule has 5 N–H and O–H groups in total. The summed E-state index contributed by atoms with van der Waals surface area (Å²) in [5.74, 6) is -2.09. The van der Waals surface area contributed by atoms with Gasteiger partial charge in [-0.25, -0.2) is 0 Å². The molecule has 0 saturated heterocycles. The van der Waals surface area contributed by atoms with E-state index in [-0.39, 0.29) is 0 Å². The average Bonchev–Trinajstić information content (AvgIpc) is 1.84. The Balaban J connectivity index is 3.94. The summed E-state index contributed by atoms with van der Waals surface area (Å²) in [6.45, 7) is 1.35. The number of carboxylic acids is 1. The highest BCUT2D eigenvalue weighted by molar-refractivity contribution is 5.73. The molecule has 0 aliphatic heterocycles. The number of carboxylic acid groups (broad SMARTS) is 1. The number of aliphatic carboxylic acids is 1. The van der Waals surface area contributed by atoms with E-state index in [1.54, 1.807) is 0 Å². The number of aliphatic hydroxyl groups excluding tert-OH is 1. The quantitative estimate of drug-likeness (QED) is 0.360. The van der Waals surface area contributed by atoms with Crippen LogP contribution in [0.1, 0.15) is 6.92 Å². The Kier molecular flexibility index (Phi) is 3.27.